The van der Waals surface area contributed by atoms with Gasteiger partial charge < -0.3 is 5.32 Å². The summed E-state index contributed by atoms with van der Waals surface area (Å²) in [5.74, 6) is -0.762. The van der Waals surface area contributed by atoms with Crippen molar-refractivity contribution in [3.8, 4) is 0 Å². The quantitative estimate of drug-likeness (QED) is 0.876. The zero-order chi connectivity index (χ0) is 15.7. The molecule has 112 valence electrons. The molecule has 0 fully saturated rings. The van der Waals surface area contributed by atoms with Crippen LogP contribution in [-0.4, -0.2) is 7.05 Å². The van der Waals surface area contributed by atoms with E-state index in [1.165, 1.54) is 17.7 Å². The van der Waals surface area contributed by atoms with Gasteiger partial charge in [0.25, 0.3) is 0 Å². The molecule has 0 aliphatic heterocycles. The molecule has 0 aliphatic rings. The standard InChI is InChI=1S/C18H21F2N/c1-10-6-12(3)17(13(4)7-10)18(21-5)14-9-15(19)11(2)8-16(14)20/h6-9,18,21H,1-5H3. The van der Waals surface area contributed by atoms with E-state index in [4.69, 9.17) is 0 Å². The average molecular weight is 289 g/mol. The number of nitrogens with one attached hydrogen (secondary N) is 1. The Morgan fingerprint density at radius 2 is 1.38 bits per heavy atom. The number of aryl methyl sites for hydroxylation is 4. The Bertz CT molecular complexity index is 654. The molecular formula is C18H21F2N. The second kappa shape index (κ2) is 5.94. The maximum Gasteiger partial charge on any atom is 0.128 e. The molecule has 0 bridgehead atoms. The maximum atomic E-state index is 14.3. The van der Waals surface area contributed by atoms with Crippen LogP contribution < -0.4 is 5.32 Å². The number of rotatable bonds is 3. The molecule has 1 unspecified atom stereocenters. The summed E-state index contributed by atoms with van der Waals surface area (Å²) in [5.41, 5.74) is 4.99. The van der Waals surface area contributed by atoms with E-state index in [-0.39, 0.29) is 17.7 Å². The van der Waals surface area contributed by atoms with E-state index < -0.39 is 0 Å². The molecule has 0 amide bonds. The lowest BCUT2D eigenvalue weighted by atomic mass is 9.89. The Morgan fingerprint density at radius 3 is 1.90 bits per heavy atom. The van der Waals surface area contributed by atoms with Gasteiger partial charge in [-0.2, -0.15) is 0 Å². The summed E-state index contributed by atoms with van der Waals surface area (Å²) in [6, 6.07) is 6.32. The number of benzene rings is 2. The first-order valence-corrected chi connectivity index (χ1v) is 7.05. The van der Waals surface area contributed by atoms with E-state index in [1.807, 2.05) is 20.8 Å². The molecular weight excluding hydrogens is 268 g/mol. The number of hydrogen-bond acceptors (Lipinski definition) is 1. The lowest BCUT2D eigenvalue weighted by molar-refractivity contribution is 0.552. The third-order valence-corrected chi connectivity index (χ3v) is 3.90. The van der Waals surface area contributed by atoms with E-state index >= 15 is 0 Å². The third-order valence-electron chi connectivity index (χ3n) is 3.90. The molecule has 0 aromatic heterocycles. The predicted octanol–water partition coefficient (Wildman–Crippen LogP) is 4.51. The van der Waals surface area contributed by atoms with Crippen LogP contribution in [-0.2, 0) is 0 Å². The van der Waals surface area contributed by atoms with Crippen LogP contribution in [0.3, 0.4) is 0 Å². The van der Waals surface area contributed by atoms with Crippen molar-refractivity contribution in [2.75, 3.05) is 7.05 Å². The minimum absolute atomic E-state index is 0.323. The SMILES string of the molecule is CNC(c1cc(F)c(C)cc1F)c1c(C)cc(C)cc1C. The van der Waals surface area contributed by atoms with Crippen LogP contribution in [0.2, 0.25) is 0 Å². The lowest BCUT2D eigenvalue weighted by Gasteiger charge is -2.23. The molecule has 0 saturated carbocycles. The van der Waals surface area contributed by atoms with Crippen molar-refractivity contribution in [1.29, 1.82) is 0 Å². The van der Waals surface area contributed by atoms with Gasteiger partial charge in [-0.1, -0.05) is 17.7 Å². The smallest absolute Gasteiger partial charge is 0.128 e. The van der Waals surface area contributed by atoms with Crippen LogP contribution in [0.1, 0.15) is 39.4 Å². The topological polar surface area (TPSA) is 12.0 Å². The summed E-state index contributed by atoms with van der Waals surface area (Å²) in [7, 11) is 1.76. The van der Waals surface area contributed by atoms with Gasteiger partial charge in [-0.15, -0.1) is 0 Å². The Balaban J connectivity index is 2.63. The Morgan fingerprint density at radius 1 is 0.810 bits per heavy atom. The van der Waals surface area contributed by atoms with Crippen molar-refractivity contribution in [1.82, 2.24) is 5.32 Å². The Kier molecular flexibility index (Phi) is 4.43. The summed E-state index contributed by atoms with van der Waals surface area (Å²) in [4.78, 5) is 0. The van der Waals surface area contributed by atoms with E-state index in [2.05, 4.69) is 17.4 Å². The molecule has 1 atom stereocenters. The molecule has 2 aromatic carbocycles. The molecule has 0 spiro atoms. The third kappa shape index (κ3) is 2.98. The number of halogens is 2. The fourth-order valence-electron chi connectivity index (χ4n) is 2.98. The van der Waals surface area contributed by atoms with E-state index in [1.54, 1.807) is 14.0 Å². The minimum atomic E-state index is -0.382. The van der Waals surface area contributed by atoms with Gasteiger partial charge in [0.1, 0.15) is 11.6 Å². The first-order chi connectivity index (χ1) is 9.85. The lowest BCUT2D eigenvalue weighted by Crippen LogP contribution is -2.21. The number of hydrogen-bond donors (Lipinski definition) is 1. The zero-order valence-electron chi connectivity index (χ0n) is 13.1. The van der Waals surface area contributed by atoms with Gasteiger partial charge in [0.05, 0.1) is 6.04 Å². The molecule has 0 heterocycles. The first kappa shape index (κ1) is 15.6. The highest BCUT2D eigenvalue weighted by molar-refractivity contribution is 5.45. The fraction of sp³-hybridized carbons (Fsp3) is 0.333. The molecule has 2 aromatic rings. The maximum absolute atomic E-state index is 14.3. The van der Waals surface area contributed by atoms with Crippen LogP contribution in [0.15, 0.2) is 24.3 Å². The summed E-state index contributed by atoms with van der Waals surface area (Å²) in [5, 5.41) is 3.12. The molecule has 0 radical (unpaired) electrons. The normalized spacial score (nSPS) is 12.5. The highest BCUT2D eigenvalue weighted by atomic mass is 19.1. The van der Waals surface area contributed by atoms with Crippen LogP contribution in [0.25, 0.3) is 0 Å². The molecule has 21 heavy (non-hydrogen) atoms. The van der Waals surface area contributed by atoms with Crippen LogP contribution >= 0.6 is 0 Å². The zero-order valence-corrected chi connectivity index (χ0v) is 13.1. The van der Waals surface area contributed by atoms with Crippen molar-refractivity contribution in [2.24, 2.45) is 0 Å². The molecule has 2 rings (SSSR count). The fourth-order valence-corrected chi connectivity index (χ4v) is 2.98. The average Bonchev–Trinajstić information content (AvgIpc) is 2.38. The van der Waals surface area contributed by atoms with E-state index in [0.29, 0.717) is 11.1 Å². The summed E-state index contributed by atoms with van der Waals surface area (Å²) < 4.78 is 28.1. The highest BCUT2D eigenvalue weighted by Gasteiger charge is 2.21. The van der Waals surface area contributed by atoms with Gasteiger partial charge in [-0.25, -0.2) is 8.78 Å². The van der Waals surface area contributed by atoms with E-state index in [9.17, 15) is 8.78 Å². The summed E-state index contributed by atoms with van der Waals surface area (Å²) in [6.07, 6.45) is 0. The summed E-state index contributed by atoms with van der Waals surface area (Å²) in [6.45, 7) is 7.60. The predicted molar refractivity (Wildman–Crippen MR) is 82.7 cm³/mol. The van der Waals surface area contributed by atoms with Crippen LogP contribution in [0.5, 0.6) is 0 Å². The van der Waals surface area contributed by atoms with E-state index in [0.717, 1.165) is 16.7 Å². The molecule has 1 N–H and O–H groups in total. The van der Waals surface area contributed by atoms with Gasteiger partial charge >= 0.3 is 0 Å². The van der Waals surface area contributed by atoms with Crippen LogP contribution in [0, 0.1) is 39.3 Å². The highest BCUT2D eigenvalue weighted by Crippen LogP contribution is 2.31. The van der Waals surface area contributed by atoms with Crippen molar-refractivity contribution in [3.05, 3.63) is 69.3 Å². The van der Waals surface area contributed by atoms with Crippen molar-refractivity contribution in [2.45, 2.75) is 33.7 Å². The molecule has 0 saturated heterocycles. The second-order valence-corrected chi connectivity index (χ2v) is 5.66. The van der Waals surface area contributed by atoms with Crippen molar-refractivity contribution < 1.29 is 8.78 Å². The van der Waals surface area contributed by atoms with Gasteiger partial charge in [-0.05, 0) is 69.1 Å². The largest absolute Gasteiger partial charge is 0.309 e. The summed E-state index contributed by atoms with van der Waals surface area (Å²) >= 11 is 0. The monoisotopic (exact) mass is 289 g/mol. The van der Waals surface area contributed by atoms with Gasteiger partial charge in [-0.3, -0.25) is 0 Å². The van der Waals surface area contributed by atoms with Gasteiger partial charge in [0.2, 0.25) is 0 Å². The van der Waals surface area contributed by atoms with Crippen molar-refractivity contribution in [3.63, 3.8) is 0 Å². The molecule has 3 heteroatoms. The van der Waals surface area contributed by atoms with Gasteiger partial charge in [0, 0.05) is 5.56 Å². The molecule has 0 aliphatic carbocycles. The second-order valence-electron chi connectivity index (χ2n) is 5.66. The first-order valence-electron chi connectivity index (χ1n) is 7.05. The molecule has 1 nitrogen and oxygen atoms in total. The Labute approximate surface area is 125 Å². The Hall–Kier alpha value is -1.74. The minimum Gasteiger partial charge on any atom is -0.309 e. The van der Waals surface area contributed by atoms with Crippen molar-refractivity contribution >= 4 is 0 Å². The van der Waals surface area contributed by atoms with Gasteiger partial charge in [0.15, 0.2) is 0 Å². The van der Waals surface area contributed by atoms with Crippen LogP contribution in [0.4, 0.5) is 8.78 Å².